The van der Waals surface area contributed by atoms with Crippen molar-refractivity contribution in [3.8, 4) is 0 Å². The van der Waals surface area contributed by atoms with Gasteiger partial charge in [0, 0.05) is 38.8 Å². The van der Waals surface area contributed by atoms with Gasteiger partial charge in [-0.25, -0.2) is 13.2 Å². The van der Waals surface area contributed by atoms with Crippen molar-refractivity contribution in [1.29, 1.82) is 0 Å². The average molecular weight is 262 g/mol. The third kappa shape index (κ3) is 4.84. The Morgan fingerprint density at radius 3 is 2.24 bits per heavy atom. The first kappa shape index (κ1) is 14.1. The number of piperazine rings is 1. The first-order valence-electron chi connectivity index (χ1n) is 5.36. The highest BCUT2D eigenvalue weighted by Crippen LogP contribution is 2.07. The second-order valence-electron chi connectivity index (χ2n) is 4.27. The number of rotatable bonds is 4. The third-order valence-corrected chi connectivity index (χ3v) is 3.95. The van der Waals surface area contributed by atoms with Crippen molar-refractivity contribution in [2.45, 2.75) is 6.92 Å². The third-order valence-electron chi connectivity index (χ3n) is 2.64. The molecular formula is C10H18N2O4S. The largest absolute Gasteiger partial charge is 0.478 e. The second kappa shape index (κ2) is 5.61. The van der Waals surface area contributed by atoms with Crippen LogP contribution in [0.1, 0.15) is 6.92 Å². The molecule has 0 saturated carbocycles. The molecule has 7 heteroatoms. The number of nitrogens with zero attached hydrogens (tertiary/aromatic N) is 2. The molecule has 0 bridgehead atoms. The fourth-order valence-electron chi connectivity index (χ4n) is 1.83. The van der Waals surface area contributed by atoms with Gasteiger partial charge in [-0.15, -0.1) is 0 Å². The Morgan fingerprint density at radius 1 is 1.29 bits per heavy atom. The molecular weight excluding hydrogens is 244 g/mol. The summed E-state index contributed by atoms with van der Waals surface area (Å²) in [6.07, 6.45) is 2.39. The summed E-state index contributed by atoms with van der Waals surface area (Å²) in [5, 5.41) is 8.58. The molecule has 0 aliphatic carbocycles. The van der Waals surface area contributed by atoms with Crippen LogP contribution in [0.5, 0.6) is 0 Å². The van der Waals surface area contributed by atoms with E-state index in [1.54, 1.807) is 6.92 Å². The van der Waals surface area contributed by atoms with E-state index in [2.05, 4.69) is 4.90 Å². The summed E-state index contributed by atoms with van der Waals surface area (Å²) < 4.78 is 24.0. The minimum atomic E-state index is -3.10. The van der Waals surface area contributed by atoms with E-state index in [-0.39, 0.29) is 0 Å². The standard InChI is InChI=1S/C10H18N2O4S/c1-9(7-10(13)14)8-11-3-5-12(6-4-11)17(2,15)16/h7H,3-6,8H2,1-2H3,(H,13,14)/b9-7+. The molecule has 98 valence electrons. The fourth-order valence-corrected chi connectivity index (χ4v) is 2.66. The number of aliphatic carboxylic acids is 1. The van der Waals surface area contributed by atoms with Gasteiger partial charge in [0.2, 0.25) is 10.0 Å². The number of carbonyl (C=O) groups is 1. The van der Waals surface area contributed by atoms with Gasteiger partial charge in [0.15, 0.2) is 0 Å². The van der Waals surface area contributed by atoms with Gasteiger partial charge >= 0.3 is 5.97 Å². The molecule has 6 nitrogen and oxygen atoms in total. The molecule has 0 aromatic carbocycles. The van der Waals surface area contributed by atoms with E-state index >= 15 is 0 Å². The maximum Gasteiger partial charge on any atom is 0.328 e. The molecule has 1 aliphatic rings. The van der Waals surface area contributed by atoms with E-state index in [4.69, 9.17) is 5.11 Å². The SMILES string of the molecule is C/C(=C\C(=O)O)CN1CCN(S(C)(=O)=O)CC1. The maximum atomic E-state index is 11.3. The van der Waals surface area contributed by atoms with Gasteiger partial charge < -0.3 is 5.11 Å². The minimum absolute atomic E-state index is 0.471. The first-order valence-corrected chi connectivity index (χ1v) is 7.21. The van der Waals surface area contributed by atoms with Crippen molar-refractivity contribution in [2.75, 3.05) is 39.0 Å². The Kier molecular flexibility index (Phi) is 4.67. The van der Waals surface area contributed by atoms with Crippen LogP contribution >= 0.6 is 0 Å². The Labute approximate surface area is 102 Å². The lowest BCUT2D eigenvalue weighted by Crippen LogP contribution is -2.48. The number of sulfonamides is 1. The van der Waals surface area contributed by atoms with E-state index in [0.29, 0.717) is 32.7 Å². The van der Waals surface area contributed by atoms with E-state index in [0.717, 1.165) is 5.57 Å². The highest BCUT2D eigenvalue weighted by Gasteiger charge is 2.23. The van der Waals surface area contributed by atoms with Crippen LogP contribution in [0.15, 0.2) is 11.6 Å². The number of hydrogen-bond acceptors (Lipinski definition) is 4. The smallest absolute Gasteiger partial charge is 0.328 e. The van der Waals surface area contributed by atoms with Crippen molar-refractivity contribution in [3.05, 3.63) is 11.6 Å². The van der Waals surface area contributed by atoms with Crippen LogP contribution in [0.3, 0.4) is 0 Å². The van der Waals surface area contributed by atoms with Crippen molar-refractivity contribution in [2.24, 2.45) is 0 Å². The lowest BCUT2D eigenvalue weighted by Gasteiger charge is -2.33. The fraction of sp³-hybridized carbons (Fsp3) is 0.700. The molecule has 0 amide bonds. The predicted molar refractivity (Wildman–Crippen MR) is 64.2 cm³/mol. The maximum absolute atomic E-state index is 11.3. The Morgan fingerprint density at radius 2 is 1.82 bits per heavy atom. The molecule has 17 heavy (non-hydrogen) atoms. The van der Waals surface area contributed by atoms with Gasteiger partial charge in [-0.05, 0) is 6.92 Å². The highest BCUT2D eigenvalue weighted by atomic mass is 32.2. The minimum Gasteiger partial charge on any atom is -0.478 e. The summed E-state index contributed by atoms with van der Waals surface area (Å²) in [7, 11) is -3.10. The molecule has 1 aliphatic heterocycles. The molecule has 0 aromatic rings. The molecule has 1 heterocycles. The zero-order valence-electron chi connectivity index (χ0n) is 10.1. The van der Waals surface area contributed by atoms with Gasteiger partial charge in [-0.2, -0.15) is 4.31 Å². The summed E-state index contributed by atoms with van der Waals surface area (Å²) >= 11 is 0. The van der Waals surface area contributed by atoms with Crippen LogP contribution in [0, 0.1) is 0 Å². The van der Waals surface area contributed by atoms with Crippen LogP contribution < -0.4 is 0 Å². The average Bonchev–Trinajstić information content (AvgIpc) is 2.15. The first-order chi connectivity index (χ1) is 7.79. The quantitative estimate of drug-likeness (QED) is 0.697. The van der Waals surface area contributed by atoms with Crippen LogP contribution in [-0.4, -0.2) is 67.7 Å². The van der Waals surface area contributed by atoms with Gasteiger partial charge in [-0.3, -0.25) is 4.90 Å². The number of carboxylic acid groups (broad SMARTS) is 1. The van der Waals surface area contributed by atoms with Gasteiger partial charge in [0.25, 0.3) is 0 Å². The lowest BCUT2D eigenvalue weighted by molar-refractivity contribution is -0.131. The molecule has 1 saturated heterocycles. The number of hydrogen-bond donors (Lipinski definition) is 1. The zero-order chi connectivity index (χ0) is 13.1. The molecule has 1 N–H and O–H groups in total. The van der Waals surface area contributed by atoms with Crippen LogP contribution in [-0.2, 0) is 14.8 Å². The Bertz CT molecular complexity index is 408. The summed E-state index contributed by atoms with van der Waals surface area (Å²) in [4.78, 5) is 12.5. The summed E-state index contributed by atoms with van der Waals surface area (Å²) in [5.41, 5.74) is 0.769. The van der Waals surface area contributed by atoms with E-state index in [9.17, 15) is 13.2 Å². The predicted octanol–water partition coefficient (Wildman–Crippen LogP) is -0.405. The molecule has 0 aromatic heterocycles. The summed E-state index contributed by atoms with van der Waals surface area (Å²) in [6, 6.07) is 0. The summed E-state index contributed by atoms with van der Waals surface area (Å²) in [6.45, 7) is 4.55. The molecule has 0 radical (unpaired) electrons. The zero-order valence-corrected chi connectivity index (χ0v) is 10.9. The van der Waals surface area contributed by atoms with Crippen molar-refractivity contribution in [3.63, 3.8) is 0 Å². The van der Waals surface area contributed by atoms with Gasteiger partial charge in [0.1, 0.15) is 0 Å². The molecule has 0 unspecified atom stereocenters. The molecule has 0 spiro atoms. The lowest BCUT2D eigenvalue weighted by atomic mass is 10.2. The van der Waals surface area contributed by atoms with Crippen LogP contribution in [0.2, 0.25) is 0 Å². The van der Waals surface area contributed by atoms with E-state index in [1.165, 1.54) is 16.6 Å². The monoisotopic (exact) mass is 262 g/mol. The van der Waals surface area contributed by atoms with E-state index in [1.807, 2.05) is 0 Å². The van der Waals surface area contributed by atoms with E-state index < -0.39 is 16.0 Å². The van der Waals surface area contributed by atoms with Gasteiger partial charge in [-0.1, -0.05) is 5.57 Å². The van der Waals surface area contributed by atoms with Gasteiger partial charge in [0.05, 0.1) is 6.26 Å². The van der Waals surface area contributed by atoms with Crippen LogP contribution in [0.4, 0.5) is 0 Å². The normalized spacial score (nSPS) is 20.5. The molecule has 0 atom stereocenters. The Balaban J connectivity index is 2.46. The topological polar surface area (TPSA) is 77.9 Å². The molecule has 1 fully saturated rings. The molecule has 1 rings (SSSR count). The van der Waals surface area contributed by atoms with Crippen LogP contribution in [0.25, 0.3) is 0 Å². The number of carboxylic acids is 1. The summed E-state index contributed by atoms with van der Waals surface area (Å²) in [5.74, 6) is -0.947. The van der Waals surface area contributed by atoms with Crippen molar-refractivity contribution >= 4 is 16.0 Å². The van der Waals surface area contributed by atoms with Crippen molar-refractivity contribution < 1.29 is 18.3 Å². The Hall–Kier alpha value is -0.920. The van der Waals surface area contributed by atoms with Crippen molar-refractivity contribution in [1.82, 2.24) is 9.21 Å². The second-order valence-corrected chi connectivity index (χ2v) is 6.25. The highest BCUT2D eigenvalue weighted by molar-refractivity contribution is 7.88.